The highest BCUT2D eigenvalue weighted by Gasteiger charge is 2.07. The summed E-state index contributed by atoms with van der Waals surface area (Å²) in [6.45, 7) is 1.56. The van der Waals surface area contributed by atoms with Gasteiger partial charge in [-0.25, -0.2) is 4.79 Å². The molecule has 0 atom stereocenters. The van der Waals surface area contributed by atoms with Crippen molar-refractivity contribution in [2.75, 3.05) is 6.61 Å². The number of carboxylic acids is 1. The Kier molecular flexibility index (Phi) is 7.63. The van der Waals surface area contributed by atoms with E-state index in [0.717, 1.165) is 47.9 Å². The van der Waals surface area contributed by atoms with E-state index in [4.69, 9.17) is 9.84 Å². The number of hydrogen-bond acceptors (Lipinski definition) is 4. The van der Waals surface area contributed by atoms with E-state index in [1.54, 1.807) is 0 Å². The Bertz CT molecular complexity index is 739. The molecule has 0 saturated heterocycles. The molecule has 2 aromatic carbocycles. The van der Waals surface area contributed by atoms with Crippen molar-refractivity contribution in [1.82, 2.24) is 0 Å². The van der Waals surface area contributed by atoms with Crippen LogP contribution in [0.3, 0.4) is 0 Å². The van der Waals surface area contributed by atoms with E-state index < -0.39 is 5.97 Å². The minimum atomic E-state index is -0.981. The van der Waals surface area contributed by atoms with Crippen LogP contribution < -0.4 is 4.74 Å². The Morgan fingerprint density at radius 3 is 2.12 bits per heavy atom. The second kappa shape index (κ2) is 9.94. The number of aliphatic carboxylic acids is 1. The average Bonchev–Trinajstić information content (AvgIpc) is 2.66. The first-order valence-corrected chi connectivity index (χ1v) is 8.86. The molecule has 0 amide bonds. The first kappa shape index (κ1) is 19.9. The van der Waals surface area contributed by atoms with Crippen molar-refractivity contribution in [3.63, 3.8) is 0 Å². The van der Waals surface area contributed by atoms with Crippen LogP contribution in [0.25, 0.3) is 0 Å². The Balaban J connectivity index is 1.96. The molecular weight excluding hydrogens is 332 g/mol. The molecule has 0 aliphatic heterocycles. The SMILES string of the molecule is CCc1cc(CCCc2ccc(CO)c(CO)c2)ccc1OCC(=O)O. The van der Waals surface area contributed by atoms with Gasteiger partial charge in [-0.2, -0.15) is 0 Å². The van der Waals surface area contributed by atoms with Gasteiger partial charge in [-0.15, -0.1) is 0 Å². The standard InChI is InChI=1S/C21H26O5/c1-2-17-10-16(7-9-20(17)26-14-21(24)25)5-3-4-15-6-8-18(12-22)19(11-15)13-23/h6-11,22-23H,2-5,12-14H2,1H3,(H,24,25). The molecule has 26 heavy (non-hydrogen) atoms. The summed E-state index contributed by atoms with van der Waals surface area (Å²) in [4.78, 5) is 10.6. The first-order chi connectivity index (χ1) is 12.6. The summed E-state index contributed by atoms with van der Waals surface area (Å²) in [7, 11) is 0. The quantitative estimate of drug-likeness (QED) is 0.608. The van der Waals surface area contributed by atoms with Gasteiger partial charge in [0.05, 0.1) is 13.2 Å². The minimum Gasteiger partial charge on any atom is -0.482 e. The third kappa shape index (κ3) is 5.58. The van der Waals surface area contributed by atoms with Crippen LogP contribution in [0.1, 0.15) is 41.2 Å². The summed E-state index contributed by atoms with van der Waals surface area (Å²) in [6, 6.07) is 11.7. The monoisotopic (exact) mass is 358 g/mol. The molecule has 140 valence electrons. The Labute approximate surface area is 153 Å². The van der Waals surface area contributed by atoms with Crippen LogP contribution in [-0.4, -0.2) is 27.9 Å². The number of hydrogen-bond donors (Lipinski definition) is 3. The average molecular weight is 358 g/mol. The van der Waals surface area contributed by atoms with Crippen LogP contribution >= 0.6 is 0 Å². The zero-order valence-electron chi connectivity index (χ0n) is 15.1. The predicted molar refractivity (Wildman–Crippen MR) is 99.3 cm³/mol. The van der Waals surface area contributed by atoms with E-state index in [0.29, 0.717) is 5.75 Å². The molecule has 2 aromatic rings. The molecule has 0 aromatic heterocycles. The molecule has 5 nitrogen and oxygen atoms in total. The van der Waals surface area contributed by atoms with Crippen LogP contribution in [0, 0.1) is 0 Å². The fraction of sp³-hybridized carbons (Fsp3) is 0.381. The van der Waals surface area contributed by atoms with Crippen molar-refractivity contribution in [3.8, 4) is 5.75 Å². The molecule has 3 N–H and O–H groups in total. The van der Waals surface area contributed by atoms with E-state index in [2.05, 4.69) is 6.07 Å². The maximum absolute atomic E-state index is 10.6. The van der Waals surface area contributed by atoms with E-state index in [9.17, 15) is 15.0 Å². The van der Waals surface area contributed by atoms with E-state index in [1.165, 1.54) is 5.56 Å². The molecule has 0 fully saturated rings. The van der Waals surface area contributed by atoms with Gasteiger partial charge >= 0.3 is 5.97 Å². The van der Waals surface area contributed by atoms with Crippen LogP contribution in [-0.2, 0) is 37.3 Å². The second-order valence-corrected chi connectivity index (χ2v) is 6.25. The lowest BCUT2D eigenvalue weighted by atomic mass is 9.98. The van der Waals surface area contributed by atoms with Crippen LogP contribution in [0.15, 0.2) is 36.4 Å². The Morgan fingerprint density at radius 1 is 0.923 bits per heavy atom. The normalized spacial score (nSPS) is 10.7. The summed E-state index contributed by atoms with van der Waals surface area (Å²) in [5, 5.41) is 27.4. The van der Waals surface area contributed by atoms with Crippen molar-refractivity contribution in [2.24, 2.45) is 0 Å². The van der Waals surface area contributed by atoms with Gasteiger partial charge in [0, 0.05) is 0 Å². The number of aliphatic hydroxyl groups is 2. The van der Waals surface area contributed by atoms with Crippen molar-refractivity contribution < 1.29 is 24.9 Å². The fourth-order valence-electron chi connectivity index (χ4n) is 2.98. The molecule has 0 spiro atoms. The van der Waals surface area contributed by atoms with E-state index in [1.807, 2.05) is 37.3 Å². The van der Waals surface area contributed by atoms with Gasteiger partial charge in [0.2, 0.25) is 0 Å². The summed E-state index contributed by atoms with van der Waals surface area (Å²) in [6.07, 6.45) is 3.53. The number of ether oxygens (including phenoxy) is 1. The van der Waals surface area contributed by atoms with Crippen molar-refractivity contribution in [2.45, 2.75) is 45.8 Å². The molecule has 0 heterocycles. The molecule has 2 rings (SSSR count). The topological polar surface area (TPSA) is 87.0 Å². The summed E-state index contributed by atoms with van der Waals surface area (Å²) >= 11 is 0. The lowest BCUT2D eigenvalue weighted by molar-refractivity contribution is -0.139. The van der Waals surface area contributed by atoms with Gasteiger partial charge in [-0.3, -0.25) is 0 Å². The minimum absolute atomic E-state index is 0.0632. The maximum Gasteiger partial charge on any atom is 0.341 e. The van der Waals surface area contributed by atoms with Gasteiger partial charge < -0.3 is 20.1 Å². The van der Waals surface area contributed by atoms with Crippen LogP contribution in [0.5, 0.6) is 5.75 Å². The molecule has 0 bridgehead atoms. The largest absolute Gasteiger partial charge is 0.482 e. The molecule has 0 radical (unpaired) electrons. The van der Waals surface area contributed by atoms with E-state index in [-0.39, 0.29) is 19.8 Å². The van der Waals surface area contributed by atoms with Crippen LogP contribution in [0.2, 0.25) is 0 Å². The third-order valence-corrected chi connectivity index (χ3v) is 4.40. The summed E-state index contributed by atoms with van der Waals surface area (Å²) < 4.78 is 5.32. The van der Waals surface area contributed by atoms with E-state index >= 15 is 0 Å². The van der Waals surface area contributed by atoms with Gasteiger partial charge in [0.15, 0.2) is 6.61 Å². The number of benzene rings is 2. The number of rotatable bonds is 10. The van der Waals surface area contributed by atoms with Crippen molar-refractivity contribution in [3.05, 3.63) is 64.2 Å². The zero-order chi connectivity index (χ0) is 18.9. The highest BCUT2D eigenvalue weighted by Crippen LogP contribution is 2.22. The molecule has 0 unspecified atom stereocenters. The molecule has 5 heteroatoms. The Hall–Kier alpha value is -2.37. The van der Waals surface area contributed by atoms with Crippen LogP contribution in [0.4, 0.5) is 0 Å². The maximum atomic E-state index is 10.6. The fourth-order valence-corrected chi connectivity index (χ4v) is 2.98. The highest BCUT2D eigenvalue weighted by molar-refractivity contribution is 5.68. The number of carbonyl (C=O) groups is 1. The molecule has 0 aliphatic carbocycles. The highest BCUT2D eigenvalue weighted by atomic mass is 16.5. The van der Waals surface area contributed by atoms with Gasteiger partial charge in [-0.1, -0.05) is 37.3 Å². The lowest BCUT2D eigenvalue weighted by Gasteiger charge is -2.11. The number of carboxylic acid groups (broad SMARTS) is 1. The third-order valence-electron chi connectivity index (χ3n) is 4.40. The zero-order valence-corrected chi connectivity index (χ0v) is 15.1. The van der Waals surface area contributed by atoms with Gasteiger partial charge in [0.1, 0.15) is 5.75 Å². The smallest absolute Gasteiger partial charge is 0.341 e. The Morgan fingerprint density at radius 2 is 1.54 bits per heavy atom. The first-order valence-electron chi connectivity index (χ1n) is 8.86. The number of aryl methyl sites for hydroxylation is 3. The summed E-state index contributed by atoms with van der Waals surface area (Å²) in [5.74, 6) is -0.351. The van der Waals surface area contributed by atoms with Gasteiger partial charge in [0.25, 0.3) is 0 Å². The lowest BCUT2D eigenvalue weighted by Crippen LogP contribution is -2.10. The van der Waals surface area contributed by atoms with Crippen molar-refractivity contribution >= 4 is 5.97 Å². The molecule has 0 saturated carbocycles. The molecular formula is C21H26O5. The number of aliphatic hydroxyl groups excluding tert-OH is 2. The predicted octanol–water partition coefficient (Wildman–Crippen LogP) is 2.87. The molecule has 0 aliphatic rings. The van der Waals surface area contributed by atoms with Gasteiger partial charge in [-0.05, 0) is 59.6 Å². The van der Waals surface area contributed by atoms with Crippen molar-refractivity contribution in [1.29, 1.82) is 0 Å². The second-order valence-electron chi connectivity index (χ2n) is 6.25. The summed E-state index contributed by atoms with van der Waals surface area (Å²) in [5.41, 5.74) is 4.89.